The van der Waals surface area contributed by atoms with Crippen molar-refractivity contribution in [3.63, 3.8) is 0 Å². The highest BCUT2D eigenvalue weighted by molar-refractivity contribution is 5.97. The average molecular weight is 304 g/mol. The average Bonchev–Trinajstić information content (AvgIpc) is 2.78. The normalized spacial score (nSPS) is 12.5. The van der Waals surface area contributed by atoms with Crippen LogP contribution in [-0.2, 0) is 20.9 Å². The number of carbonyl (C=O) groups is 2. The second-order valence-corrected chi connectivity index (χ2v) is 5.10. The second-order valence-electron chi connectivity index (χ2n) is 5.10. The van der Waals surface area contributed by atoms with Gasteiger partial charge >= 0.3 is 5.97 Å². The Kier molecular flexibility index (Phi) is 5.27. The molecule has 118 valence electrons. The maximum Gasteiger partial charge on any atom is 0.310 e. The van der Waals surface area contributed by atoms with Crippen LogP contribution in [0.2, 0.25) is 0 Å². The molecule has 0 radical (unpaired) electrons. The molecule has 1 atom stereocenters. The first-order valence-corrected chi connectivity index (χ1v) is 7.31. The van der Waals surface area contributed by atoms with E-state index in [1.807, 2.05) is 42.7 Å². The van der Waals surface area contributed by atoms with E-state index in [1.54, 1.807) is 0 Å². The van der Waals surface area contributed by atoms with E-state index in [0.29, 0.717) is 19.6 Å². The third kappa shape index (κ3) is 3.71. The van der Waals surface area contributed by atoms with Crippen molar-refractivity contribution < 1.29 is 19.4 Å². The van der Waals surface area contributed by atoms with Gasteiger partial charge in [-0.25, -0.2) is 4.98 Å². The summed E-state index contributed by atoms with van der Waals surface area (Å²) in [5.74, 6) is -0.625. The molecule has 1 unspecified atom stereocenters. The van der Waals surface area contributed by atoms with Crippen LogP contribution in [0.3, 0.4) is 0 Å². The molecule has 1 N–H and O–H groups in total. The highest BCUT2D eigenvalue weighted by atomic mass is 16.5. The van der Waals surface area contributed by atoms with Crippen molar-refractivity contribution in [1.29, 1.82) is 0 Å². The molecule has 0 aliphatic rings. The standard InChI is InChI=1S/C16H20N2O4/c1-3-15(14(19)10-16(20)21)22-9-8-18-11(2)17-12-6-4-5-7-13(12)18/h4-7,15H,3,8-10H2,1-2H3,(H,20,21). The van der Waals surface area contributed by atoms with Gasteiger partial charge in [-0.05, 0) is 25.5 Å². The van der Waals surface area contributed by atoms with Crippen molar-refractivity contribution in [3.8, 4) is 0 Å². The number of benzene rings is 1. The number of carboxylic acids is 1. The van der Waals surface area contributed by atoms with Crippen molar-refractivity contribution >= 4 is 22.8 Å². The fourth-order valence-electron chi connectivity index (χ4n) is 2.47. The molecule has 1 heterocycles. The van der Waals surface area contributed by atoms with Gasteiger partial charge in [0.1, 0.15) is 18.3 Å². The number of ether oxygens (including phenoxy) is 1. The van der Waals surface area contributed by atoms with Crippen molar-refractivity contribution in [3.05, 3.63) is 30.1 Å². The van der Waals surface area contributed by atoms with Crippen molar-refractivity contribution in [1.82, 2.24) is 9.55 Å². The predicted molar refractivity (Wildman–Crippen MR) is 81.8 cm³/mol. The molecule has 2 rings (SSSR count). The van der Waals surface area contributed by atoms with Crippen LogP contribution in [0.15, 0.2) is 24.3 Å². The van der Waals surface area contributed by atoms with Gasteiger partial charge in [-0.1, -0.05) is 19.1 Å². The lowest BCUT2D eigenvalue weighted by atomic mass is 10.1. The highest BCUT2D eigenvalue weighted by Crippen LogP contribution is 2.15. The number of para-hydroxylation sites is 2. The summed E-state index contributed by atoms with van der Waals surface area (Å²) in [6.45, 7) is 4.64. The van der Waals surface area contributed by atoms with Gasteiger partial charge in [-0.15, -0.1) is 0 Å². The van der Waals surface area contributed by atoms with Crippen LogP contribution in [0.4, 0.5) is 0 Å². The number of rotatable bonds is 8. The molecule has 0 amide bonds. The zero-order valence-electron chi connectivity index (χ0n) is 12.8. The molecule has 6 nitrogen and oxygen atoms in total. The van der Waals surface area contributed by atoms with Crippen molar-refractivity contribution in [2.45, 2.75) is 39.3 Å². The van der Waals surface area contributed by atoms with Gasteiger partial charge in [0.2, 0.25) is 0 Å². The van der Waals surface area contributed by atoms with Crippen LogP contribution in [0.1, 0.15) is 25.6 Å². The lowest BCUT2D eigenvalue weighted by Gasteiger charge is -2.15. The molecule has 2 aromatic rings. The molecule has 0 aliphatic carbocycles. The number of hydrogen-bond donors (Lipinski definition) is 1. The molecule has 22 heavy (non-hydrogen) atoms. The van der Waals surface area contributed by atoms with Crippen LogP contribution < -0.4 is 0 Å². The number of aryl methyl sites for hydroxylation is 1. The maximum atomic E-state index is 11.7. The first kappa shape index (κ1) is 16.2. The van der Waals surface area contributed by atoms with Crippen molar-refractivity contribution in [2.24, 2.45) is 0 Å². The topological polar surface area (TPSA) is 81.4 Å². The Morgan fingerprint density at radius 2 is 2.09 bits per heavy atom. The minimum absolute atomic E-state index is 0.338. The van der Waals surface area contributed by atoms with E-state index < -0.39 is 18.5 Å². The van der Waals surface area contributed by atoms with Gasteiger partial charge in [0.15, 0.2) is 5.78 Å². The SMILES string of the molecule is CCC(OCCn1c(C)nc2ccccc21)C(=O)CC(=O)O. The molecule has 0 saturated heterocycles. The number of fused-ring (bicyclic) bond motifs is 1. The summed E-state index contributed by atoms with van der Waals surface area (Å²) >= 11 is 0. The fourth-order valence-corrected chi connectivity index (χ4v) is 2.47. The van der Waals surface area contributed by atoms with E-state index in [-0.39, 0.29) is 5.78 Å². The molecule has 6 heteroatoms. The predicted octanol–water partition coefficient (Wildman–Crippen LogP) is 2.18. The summed E-state index contributed by atoms with van der Waals surface area (Å²) in [5.41, 5.74) is 1.95. The number of ketones is 1. The quantitative estimate of drug-likeness (QED) is 0.756. The van der Waals surface area contributed by atoms with Gasteiger partial charge in [-0.2, -0.15) is 0 Å². The first-order chi connectivity index (χ1) is 10.5. The van der Waals surface area contributed by atoms with Crippen LogP contribution in [0.5, 0.6) is 0 Å². The van der Waals surface area contributed by atoms with Crippen molar-refractivity contribution in [2.75, 3.05) is 6.61 Å². The monoisotopic (exact) mass is 304 g/mol. The number of nitrogens with zero attached hydrogens (tertiary/aromatic N) is 2. The smallest absolute Gasteiger partial charge is 0.310 e. The van der Waals surface area contributed by atoms with E-state index in [2.05, 4.69) is 4.98 Å². The Hall–Kier alpha value is -2.21. The summed E-state index contributed by atoms with van der Waals surface area (Å²) in [6, 6.07) is 7.83. The van der Waals surface area contributed by atoms with Crippen LogP contribution in [0, 0.1) is 6.92 Å². The Morgan fingerprint density at radius 1 is 1.36 bits per heavy atom. The van der Waals surface area contributed by atoms with Crippen LogP contribution >= 0.6 is 0 Å². The number of carboxylic acid groups (broad SMARTS) is 1. The number of Topliss-reactive ketones (excluding diaryl/α,β-unsaturated/α-hetero) is 1. The zero-order valence-corrected chi connectivity index (χ0v) is 12.8. The number of hydrogen-bond acceptors (Lipinski definition) is 4. The summed E-state index contributed by atoms with van der Waals surface area (Å²) in [7, 11) is 0. The lowest BCUT2D eigenvalue weighted by molar-refractivity contribution is -0.144. The summed E-state index contributed by atoms with van der Waals surface area (Å²) in [4.78, 5) is 26.8. The van der Waals surface area contributed by atoms with Gasteiger partial charge < -0.3 is 14.4 Å². The molecule has 0 aliphatic heterocycles. The van der Waals surface area contributed by atoms with Crippen LogP contribution in [0.25, 0.3) is 11.0 Å². The largest absolute Gasteiger partial charge is 0.481 e. The first-order valence-electron chi connectivity index (χ1n) is 7.31. The van der Waals surface area contributed by atoms with E-state index in [0.717, 1.165) is 16.9 Å². The zero-order chi connectivity index (χ0) is 16.1. The van der Waals surface area contributed by atoms with E-state index in [4.69, 9.17) is 9.84 Å². The molecule has 1 aromatic carbocycles. The van der Waals surface area contributed by atoms with Gasteiger partial charge in [0, 0.05) is 6.54 Å². The molecule has 1 aromatic heterocycles. The van der Waals surface area contributed by atoms with Gasteiger partial charge in [-0.3, -0.25) is 9.59 Å². The fraction of sp³-hybridized carbons (Fsp3) is 0.438. The Morgan fingerprint density at radius 3 is 2.77 bits per heavy atom. The minimum atomic E-state index is -1.12. The van der Waals surface area contributed by atoms with E-state index in [9.17, 15) is 9.59 Å². The number of aromatic nitrogens is 2. The Bertz CT molecular complexity index is 678. The molecular formula is C16H20N2O4. The Labute approximate surface area is 128 Å². The summed E-state index contributed by atoms with van der Waals surface area (Å²) in [6.07, 6.45) is -0.687. The van der Waals surface area contributed by atoms with Gasteiger partial charge in [0.25, 0.3) is 0 Å². The third-order valence-electron chi connectivity index (χ3n) is 3.53. The summed E-state index contributed by atoms with van der Waals surface area (Å²) < 4.78 is 7.60. The van der Waals surface area contributed by atoms with Gasteiger partial charge in [0.05, 0.1) is 17.6 Å². The third-order valence-corrected chi connectivity index (χ3v) is 3.53. The second kappa shape index (κ2) is 7.17. The molecular weight excluding hydrogens is 284 g/mol. The van der Waals surface area contributed by atoms with E-state index in [1.165, 1.54) is 0 Å². The number of aliphatic carboxylic acids is 1. The van der Waals surface area contributed by atoms with Crippen LogP contribution in [-0.4, -0.2) is 39.1 Å². The summed E-state index contributed by atoms with van der Waals surface area (Å²) in [5, 5.41) is 8.67. The molecule has 0 spiro atoms. The number of carbonyl (C=O) groups excluding carboxylic acids is 1. The Balaban J connectivity index is 1.98. The molecule has 0 saturated carbocycles. The maximum absolute atomic E-state index is 11.7. The molecule has 0 fully saturated rings. The minimum Gasteiger partial charge on any atom is -0.481 e. The highest BCUT2D eigenvalue weighted by Gasteiger charge is 2.19. The van der Waals surface area contributed by atoms with E-state index >= 15 is 0 Å². The number of imidazole rings is 1. The molecule has 0 bridgehead atoms. The lowest BCUT2D eigenvalue weighted by Crippen LogP contribution is -2.27.